The molecule has 1 aromatic heterocycles. The maximum absolute atomic E-state index is 9.72. The molecular weight excluding hydrogens is 328 g/mol. The minimum atomic E-state index is 0.189. The van der Waals surface area contributed by atoms with Gasteiger partial charge < -0.3 is 5.11 Å². The van der Waals surface area contributed by atoms with E-state index in [1.807, 2.05) is 11.6 Å². The van der Waals surface area contributed by atoms with Crippen molar-refractivity contribution in [2.45, 2.75) is 40.2 Å². The lowest BCUT2D eigenvalue weighted by molar-refractivity contribution is 0.222. The van der Waals surface area contributed by atoms with Gasteiger partial charge >= 0.3 is 0 Å². The lowest BCUT2D eigenvalue weighted by Gasteiger charge is -2.15. The van der Waals surface area contributed by atoms with Crippen molar-refractivity contribution < 1.29 is 5.11 Å². The molecule has 0 saturated carbocycles. The molecule has 1 heterocycles. The Hall–Kier alpha value is -1.13. The highest BCUT2D eigenvalue weighted by Gasteiger charge is 2.17. The van der Waals surface area contributed by atoms with Gasteiger partial charge in [-0.1, -0.05) is 29.8 Å². The molecule has 1 atom stereocenters. The van der Waals surface area contributed by atoms with Crippen LogP contribution in [0.25, 0.3) is 0 Å². The summed E-state index contributed by atoms with van der Waals surface area (Å²) >= 11 is 3.63. The number of nitrogens with zero attached hydrogens (tertiary/aromatic N) is 2. The molecule has 0 fully saturated rings. The number of hydrogen-bond donors (Lipinski definition) is 1. The summed E-state index contributed by atoms with van der Waals surface area (Å²) in [5.41, 5.74) is 4.73. The standard InChI is InChI=1S/C17H23BrN2O/c1-4-20-16(17(18)13(3)19-20)10-15(11-21)9-14-7-5-12(2)6-8-14/h5-8,15,21H,4,9-11H2,1-3H3. The molecule has 0 saturated heterocycles. The molecule has 0 aliphatic carbocycles. The third kappa shape index (κ3) is 3.95. The summed E-state index contributed by atoms with van der Waals surface area (Å²) in [5.74, 6) is 0.213. The van der Waals surface area contributed by atoms with Crippen molar-refractivity contribution >= 4 is 15.9 Å². The minimum absolute atomic E-state index is 0.189. The van der Waals surface area contributed by atoms with Crippen LogP contribution in [0.1, 0.15) is 29.4 Å². The van der Waals surface area contributed by atoms with Gasteiger partial charge in [-0.25, -0.2) is 0 Å². The van der Waals surface area contributed by atoms with E-state index in [2.05, 4.69) is 59.1 Å². The second-order valence-corrected chi connectivity index (χ2v) is 6.40. The van der Waals surface area contributed by atoms with Crippen LogP contribution in [-0.4, -0.2) is 21.5 Å². The van der Waals surface area contributed by atoms with E-state index in [9.17, 15) is 5.11 Å². The Labute approximate surface area is 135 Å². The molecule has 0 bridgehead atoms. The van der Waals surface area contributed by atoms with E-state index in [-0.39, 0.29) is 12.5 Å². The van der Waals surface area contributed by atoms with Crippen molar-refractivity contribution in [2.24, 2.45) is 5.92 Å². The van der Waals surface area contributed by atoms with Crippen molar-refractivity contribution in [3.63, 3.8) is 0 Å². The van der Waals surface area contributed by atoms with Gasteiger partial charge in [0, 0.05) is 13.2 Å². The maximum Gasteiger partial charge on any atom is 0.0738 e. The zero-order valence-corrected chi connectivity index (χ0v) is 14.5. The fourth-order valence-electron chi connectivity index (χ4n) is 2.60. The van der Waals surface area contributed by atoms with Crippen LogP contribution in [0.5, 0.6) is 0 Å². The molecule has 2 rings (SSSR count). The minimum Gasteiger partial charge on any atom is -0.396 e. The topological polar surface area (TPSA) is 38.0 Å². The summed E-state index contributed by atoms with van der Waals surface area (Å²) in [6.07, 6.45) is 1.72. The van der Waals surface area contributed by atoms with E-state index >= 15 is 0 Å². The summed E-state index contributed by atoms with van der Waals surface area (Å²) in [5, 5.41) is 14.2. The molecule has 1 aromatic carbocycles. The lowest BCUT2D eigenvalue weighted by atomic mass is 9.95. The van der Waals surface area contributed by atoms with Crippen LogP contribution in [-0.2, 0) is 19.4 Å². The summed E-state index contributed by atoms with van der Waals surface area (Å²) in [7, 11) is 0. The molecule has 1 N–H and O–H groups in total. The summed E-state index contributed by atoms with van der Waals surface area (Å²) in [6, 6.07) is 8.55. The number of hydrogen-bond acceptors (Lipinski definition) is 2. The van der Waals surface area contributed by atoms with Crippen LogP contribution in [0.2, 0.25) is 0 Å². The zero-order chi connectivity index (χ0) is 15.4. The molecule has 0 aliphatic rings. The van der Waals surface area contributed by atoms with Crippen molar-refractivity contribution in [1.29, 1.82) is 0 Å². The van der Waals surface area contributed by atoms with Crippen molar-refractivity contribution in [2.75, 3.05) is 6.61 Å². The monoisotopic (exact) mass is 350 g/mol. The number of aryl methyl sites for hydroxylation is 3. The average Bonchev–Trinajstić information content (AvgIpc) is 2.76. The number of rotatable bonds is 6. The molecular formula is C17H23BrN2O. The Morgan fingerprint density at radius 2 is 1.86 bits per heavy atom. The first-order chi connectivity index (χ1) is 10.0. The van der Waals surface area contributed by atoms with Gasteiger partial charge in [0.1, 0.15) is 0 Å². The zero-order valence-electron chi connectivity index (χ0n) is 12.9. The van der Waals surface area contributed by atoms with Crippen LogP contribution in [0, 0.1) is 19.8 Å². The highest BCUT2D eigenvalue weighted by Crippen LogP contribution is 2.25. The molecule has 1 unspecified atom stereocenters. The van der Waals surface area contributed by atoms with Crippen LogP contribution < -0.4 is 0 Å². The number of halogens is 1. The van der Waals surface area contributed by atoms with Gasteiger partial charge in [-0.2, -0.15) is 5.10 Å². The highest BCUT2D eigenvalue weighted by molar-refractivity contribution is 9.10. The first kappa shape index (κ1) is 16.2. The molecule has 0 amide bonds. The van der Waals surface area contributed by atoms with Gasteiger partial charge in [-0.05, 0) is 61.0 Å². The molecule has 114 valence electrons. The molecule has 0 spiro atoms. The molecule has 21 heavy (non-hydrogen) atoms. The van der Waals surface area contributed by atoms with Gasteiger partial charge in [0.25, 0.3) is 0 Å². The van der Waals surface area contributed by atoms with E-state index < -0.39 is 0 Å². The Bertz CT molecular complexity index is 590. The number of aromatic nitrogens is 2. The summed E-state index contributed by atoms with van der Waals surface area (Å²) < 4.78 is 3.10. The Kier molecular flexibility index (Phi) is 5.59. The smallest absolute Gasteiger partial charge is 0.0738 e. The largest absolute Gasteiger partial charge is 0.396 e. The second kappa shape index (κ2) is 7.23. The lowest BCUT2D eigenvalue weighted by Crippen LogP contribution is -2.16. The van der Waals surface area contributed by atoms with Crippen LogP contribution in [0.3, 0.4) is 0 Å². The number of benzene rings is 1. The van der Waals surface area contributed by atoms with Gasteiger partial charge in [-0.15, -0.1) is 0 Å². The molecule has 3 nitrogen and oxygen atoms in total. The van der Waals surface area contributed by atoms with Crippen molar-refractivity contribution in [3.05, 3.63) is 51.3 Å². The first-order valence-electron chi connectivity index (χ1n) is 7.43. The van der Waals surface area contributed by atoms with Crippen LogP contribution in [0.4, 0.5) is 0 Å². The Morgan fingerprint density at radius 1 is 1.19 bits per heavy atom. The fraction of sp³-hybridized carbons (Fsp3) is 0.471. The van der Waals surface area contributed by atoms with E-state index in [0.29, 0.717) is 0 Å². The van der Waals surface area contributed by atoms with Gasteiger partial charge in [-0.3, -0.25) is 4.68 Å². The van der Waals surface area contributed by atoms with Crippen molar-refractivity contribution in [3.8, 4) is 0 Å². The Balaban J connectivity index is 2.14. The molecule has 0 radical (unpaired) electrons. The van der Waals surface area contributed by atoms with Gasteiger partial charge in [0.15, 0.2) is 0 Å². The van der Waals surface area contributed by atoms with Gasteiger partial charge in [0.05, 0.1) is 15.9 Å². The van der Waals surface area contributed by atoms with E-state index in [4.69, 9.17) is 0 Å². The van der Waals surface area contributed by atoms with Crippen molar-refractivity contribution in [1.82, 2.24) is 9.78 Å². The SMILES string of the molecule is CCn1nc(C)c(Br)c1CC(CO)Cc1ccc(C)cc1. The van der Waals surface area contributed by atoms with E-state index in [0.717, 1.165) is 29.6 Å². The third-order valence-corrected chi connectivity index (χ3v) is 4.87. The first-order valence-corrected chi connectivity index (χ1v) is 8.22. The maximum atomic E-state index is 9.72. The molecule has 4 heteroatoms. The van der Waals surface area contributed by atoms with Gasteiger partial charge in [0.2, 0.25) is 0 Å². The normalized spacial score (nSPS) is 12.6. The summed E-state index contributed by atoms with van der Waals surface area (Å²) in [4.78, 5) is 0. The van der Waals surface area contributed by atoms with Crippen LogP contribution in [0.15, 0.2) is 28.7 Å². The molecule has 2 aromatic rings. The fourth-order valence-corrected chi connectivity index (χ4v) is 3.04. The predicted octanol–water partition coefficient (Wildman–Crippen LogP) is 3.68. The number of aliphatic hydroxyl groups excluding tert-OH is 1. The van der Waals surface area contributed by atoms with E-state index in [1.54, 1.807) is 0 Å². The quantitative estimate of drug-likeness (QED) is 0.862. The average molecular weight is 351 g/mol. The summed E-state index contributed by atoms with van der Waals surface area (Å²) in [6.45, 7) is 7.23. The molecule has 0 aliphatic heterocycles. The van der Waals surface area contributed by atoms with Crippen LogP contribution >= 0.6 is 15.9 Å². The van der Waals surface area contributed by atoms with E-state index in [1.165, 1.54) is 16.8 Å². The predicted molar refractivity (Wildman–Crippen MR) is 89.5 cm³/mol. The second-order valence-electron chi connectivity index (χ2n) is 5.60. The number of aliphatic hydroxyl groups is 1. The third-order valence-electron chi connectivity index (χ3n) is 3.84. The highest BCUT2D eigenvalue weighted by atomic mass is 79.9. The Morgan fingerprint density at radius 3 is 2.43 bits per heavy atom.